The van der Waals surface area contributed by atoms with E-state index in [0.29, 0.717) is 23.8 Å². The van der Waals surface area contributed by atoms with Gasteiger partial charge in [0, 0.05) is 24.2 Å². The lowest BCUT2D eigenvalue weighted by molar-refractivity contribution is 0.102. The van der Waals surface area contributed by atoms with Crippen molar-refractivity contribution in [3.63, 3.8) is 0 Å². The van der Waals surface area contributed by atoms with Crippen molar-refractivity contribution < 1.29 is 13.2 Å². The topological polar surface area (TPSA) is 79.4 Å². The molecule has 1 amide bonds. The molecule has 1 aliphatic heterocycles. The van der Waals surface area contributed by atoms with Gasteiger partial charge >= 0.3 is 0 Å². The van der Waals surface area contributed by atoms with Crippen molar-refractivity contribution >= 4 is 32.4 Å². The van der Waals surface area contributed by atoms with Crippen LogP contribution in [0.5, 0.6) is 0 Å². The van der Waals surface area contributed by atoms with E-state index in [9.17, 15) is 13.2 Å². The lowest BCUT2D eigenvalue weighted by atomic mass is 10.1. The summed E-state index contributed by atoms with van der Waals surface area (Å²) in [4.78, 5) is 18.9. The largest absolute Gasteiger partial charge is 0.298 e. The average Bonchev–Trinajstić information content (AvgIpc) is 3.13. The first kappa shape index (κ1) is 24.4. The summed E-state index contributed by atoms with van der Waals surface area (Å²) in [6.07, 6.45) is 3.87. The summed E-state index contributed by atoms with van der Waals surface area (Å²) < 4.78 is 27.6. The molecule has 1 N–H and O–H groups in total. The van der Waals surface area contributed by atoms with Gasteiger partial charge in [-0.05, 0) is 42.7 Å². The highest BCUT2D eigenvalue weighted by molar-refractivity contribution is 7.89. The third kappa shape index (κ3) is 5.26. The second-order valence-electron chi connectivity index (χ2n) is 8.73. The third-order valence-electron chi connectivity index (χ3n) is 6.25. The van der Waals surface area contributed by atoms with Gasteiger partial charge in [0.15, 0.2) is 5.13 Å². The van der Waals surface area contributed by atoms with E-state index in [-0.39, 0.29) is 10.8 Å². The van der Waals surface area contributed by atoms with E-state index in [1.807, 2.05) is 60.7 Å². The molecular formula is C28H27N3O3S2. The van der Waals surface area contributed by atoms with E-state index in [4.69, 9.17) is 4.98 Å². The standard InChI is InChI=1S/C28H27N3O3S2/c32-27(23-15-17-24(18-16-23)36(33,34)31-19-9-1-2-10-20-31)30-28-29-25(21-11-5-3-6-12-21)26(35-28)22-13-7-4-8-14-22/h3-8,11-18H,1-2,9-10,19-20H2,(H,29,30,32). The number of anilines is 1. The van der Waals surface area contributed by atoms with Gasteiger partial charge in [-0.15, -0.1) is 0 Å². The van der Waals surface area contributed by atoms with Crippen molar-refractivity contribution in [2.75, 3.05) is 18.4 Å². The molecule has 8 heteroatoms. The van der Waals surface area contributed by atoms with Gasteiger partial charge in [-0.25, -0.2) is 13.4 Å². The maximum Gasteiger partial charge on any atom is 0.257 e. The first-order valence-corrected chi connectivity index (χ1v) is 14.3. The van der Waals surface area contributed by atoms with Crippen LogP contribution in [-0.4, -0.2) is 36.7 Å². The number of carbonyl (C=O) groups is 1. The van der Waals surface area contributed by atoms with Crippen LogP contribution < -0.4 is 5.32 Å². The Bertz CT molecular complexity index is 1370. The van der Waals surface area contributed by atoms with Gasteiger partial charge in [-0.3, -0.25) is 10.1 Å². The Morgan fingerprint density at radius 3 is 1.97 bits per heavy atom. The van der Waals surface area contributed by atoms with Gasteiger partial charge in [-0.2, -0.15) is 4.31 Å². The van der Waals surface area contributed by atoms with Crippen LogP contribution in [0.25, 0.3) is 21.7 Å². The molecule has 4 aromatic rings. The van der Waals surface area contributed by atoms with Gasteiger partial charge in [0.05, 0.1) is 15.5 Å². The molecule has 0 saturated carbocycles. The third-order valence-corrected chi connectivity index (χ3v) is 9.18. The minimum atomic E-state index is -3.56. The maximum atomic E-state index is 13.0. The molecular weight excluding hydrogens is 490 g/mol. The fourth-order valence-electron chi connectivity index (χ4n) is 4.33. The molecule has 1 saturated heterocycles. The van der Waals surface area contributed by atoms with Crippen molar-refractivity contribution in [3.05, 3.63) is 90.5 Å². The minimum Gasteiger partial charge on any atom is -0.298 e. The first-order valence-electron chi connectivity index (χ1n) is 12.1. The number of hydrogen-bond acceptors (Lipinski definition) is 5. The summed E-state index contributed by atoms with van der Waals surface area (Å²) in [7, 11) is -3.56. The number of rotatable bonds is 6. The molecule has 0 atom stereocenters. The number of amides is 1. The van der Waals surface area contributed by atoms with Crippen molar-refractivity contribution in [1.82, 2.24) is 9.29 Å². The fourth-order valence-corrected chi connectivity index (χ4v) is 6.83. The zero-order valence-electron chi connectivity index (χ0n) is 19.8. The van der Waals surface area contributed by atoms with Crippen molar-refractivity contribution in [3.8, 4) is 21.7 Å². The number of carbonyl (C=O) groups excluding carboxylic acids is 1. The molecule has 0 radical (unpaired) electrons. The Balaban J connectivity index is 1.38. The number of nitrogens with zero attached hydrogens (tertiary/aromatic N) is 2. The molecule has 3 aromatic carbocycles. The second kappa shape index (κ2) is 10.7. The summed E-state index contributed by atoms with van der Waals surface area (Å²) in [5.74, 6) is -0.332. The number of hydrogen-bond donors (Lipinski definition) is 1. The van der Waals surface area contributed by atoms with Gasteiger partial charge in [0.1, 0.15) is 0 Å². The highest BCUT2D eigenvalue weighted by atomic mass is 32.2. The summed E-state index contributed by atoms with van der Waals surface area (Å²) >= 11 is 1.41. The molecule has 0 aliphatic carbocycles. The molecule has 6 nitrogen and oxygen atoms in total. The monoisotopic (exact) mass is 517 g/mol. The first-order chi connectivity index (χ1) is 17.5. The van der Waals surface area contributed by atoms with E-state index in [2.05, 4.69) is 5.32 Å². The summed E-state index contributed by atoms with van der Waals surface area (Å²) in [5.41, 5.74) is 3.18. The molecule has 1 aliphatic rings. The number of nitrogens with one attached hydrogen (secondary N) is 1. The molecule has 0 unspecified atom stereocenters. The summed E-state index contributed by atoms with van der Waals surface area (Å²) in [6.45, 7) is 1.09. The molecule has 1 aromatic heterocycles. The van der Waals surface area contributed by atoms with Gasteiger partial charge in [0.2, 0.25) is 10.0 Å². The Kier molecular flexibility index (Phi) is 7.27. The average molecular weight is 518 g/mol. The SMILES string of the molecule is O=C(Nc1nc(-c2ccccc2)c(-c2ccccc2)s1)c1ccc(S(=O)(=O)N2CCCCCC2)cc1. The van der Waals surface area contributed by atoms with Crippen LogP contribution in [0.15, 0.2) is 89.8 Å². The van der Waals surface area contributed by atoms with Crippen LogP contribution in [0.1, 0.15) is 36.0 Å². The van der Waals surface area contributed by atoms with Crippen LogP contribution in [-0.2, 0) is 10.0 Å². The van der Waals surface area contributed by atoms with Crippen molar-refractivity contribution in [1.29, 1.82) is 0 Å². The number of sulfonamides is 1. The van der Waals surface area contributed by atoms with E-state index in [1.54, 1.807) is 16.4 Å². The van der Waals surface area contributed by atoms with E-state index in [0.717, 1.165) is 47.4 Å². The van der Waals surface area contributed by atoms with Crippen LogP contribution in [0, 0.1) is 0 Å². The van der Waals surface area contributed by atoms with Crippen LogP contribution >= 0.6 is 11.3 Å². The molecule has 1 fully saturated rings. The predicted octanol–water partition coefficient (Wildman–Crippen LogP) is 6.29. The van der Waals surface area contributed by atoms with E-state index < -0.39 is 10.0 Å². The quantitative estimate of drug-likeness (QED) is 0.326. The highest BCUT2D eigenvalue weighted by Crippen LogP contribution is 2.39. The normalized spacial score (nSPS) is 14.8. The maximum absolute atomic E-state index is 13.0. The lowest BCUT2D eigenvalue weighted by Crippen LogP contribution is -2.31. The van der Waals surface area contributed by atoms with Crippen LogP contribution in [0.4, 0.5) is 5.13 Å². The Labute approximate surface area is 215 Å². The van der Waals surface area contributed by atoms with Crippen molar-refractivity contribution in [2.45, 2.75) is 30.6 Å². The van der Waals surface area contributed by atoms with Crippen LogP contribution in [0.3, 0.4) is 0 Å². The highest BCUT2D eigenvalue weighted by Gasteiger charge is 2.25. The zero-order valence-corrected chi connectivity index (χ0v) is 21.4. The molecule has 0 bridgehead atoms. The number of thiazole rings is 1. The van der Waals surface area contributed by atoms with Crippen molar-refractivity contribution in [2.24, 2.45) is 0 Å². The Morgan fingerprint density at radius 1 is 0.778 bits per heavy atom. The predicted molar refractivity (Wildman–Crippen MR) is 145 cm³/mol. The second-order valence-corrected chi connectivity index (χ2v) is 11.7. The molecule has 0 spiro atoms. The molecule has 184 valence electrons. The summed E-state index contributed by atoms with van der Waals surface area (Å²) in [6, 6.07) is 26.0. The van der Waals surface area contributed by atoms with Crippen LogP contribution in [0.2, 0.25) is 0 Å². The van der Waals surface area contributed by atoms with E-state index in [1.165, 1.54) is 23.5 Å². The van der Waals surface area contributed by atoms with Gasteiger partial charge < -0.3 is 0 Å². The minimum absolute atomic E-state index is 0.216. The Morgan fingerprint density at radius 2 is 1.36 bits per heavy atom. The molecule has 5 rings (SSSR count). The van der Waals surface area contributed by atoms with Gasteiger partial charge in [-0.1, -0.05) is 84.8 Å². The summed E-state index contributed by atoms with van der Waals surface area (Å²) in [5, 5.41) is 3.38. The zero-order chi connectivity index (χ0) is 25.0. The number of aromatic nitrogens is 1. The smallest absolute Gasteiger partial charge is 0.257 e. The van der Waals surface area contributed by atoms with E-state index >= 15 is 0 Å². The fraction of sp³-hybridized carbons (Fsp3) is 0.214. The Hall–Kier alpha value is -3.33. The number of benzene rings is 3. The molecule has 2 heterocycles. The molecule has 36 heavy (non-hydrogen) atoms. The lowest BCUT2D eigenvalue weighted by Gasteiger charge is -2.20. The van der Waals surface area contributed by atoms with Gasteiger partial charge in [0.25, 0.3) is 5.91 Å².